The Kier molecular flexibility index (Phi) is 8.12. The average molecular weight is 506 g/mol. The van der Waals surface area contributed by atoms with Crippen LogP contribution >= 0.6 is 0 Å². The van der Waals surface area contributed by atoms with E-state index in [0.717, 1.165) is 25.0 Å². The van der Waals surface area contributed by atoms with Gasteiger partial charge in [0.15, 0.2) is 17.4 Å². The minimum absolute atomic E-state index is 0.0692. The summed E-state index contributed by atoms with van der Waals surface area (Å²) in [5.41, 5.74) is -0.844. The number of allylic oxidation sites excluding steroid dienone is 2. The molecule has 0 heterocycles. The van der Waals surface area contributed by atoms with Gasteiger partial charge in [0.2, 0.25) is 0 Å². The molecule has 0 N–H and O–H groups in total. The van der Waals surface area contributed by atoms with Gasteiger partial charge in [-0.3, -0.25) is 0 Å². The van der Waals surface area contributed by atoms with Crippen molar-refractivity contribution in [3.8, 4) is 22.6 Å². The lowest BCUT2D eigenvalue weighted by molar-refractivity contribution is -0.145. The Morgan fingerprint density at radius 2 is 1.66 bits per heavy atom. The topological polar surface area (TPSA) is 18.5 Å². The molecule has 0 amide bonds. The first-order valence-electron chi connectivity index (χ1n) is 10.9. The van der Waals surface area contributed by atoms with E-state index in [2.05, 4.69) is 4.74 Å². The molecule has 2 nitrogen and oxygen atoms in total. The van der Waals surface area contributed by atoms with Gasteiger partial charge in [0, 0.05) is 17.2 Å². The van der Waals surface area contributed by atoms with Crippen molar-refractivity contribution in [2.45, 2.75) is 51.3 Å². The Hall–Kier alpha value is -3.04. The fourth-order valence-corrected chi connectivity index (χ4v) is 3.84. The number of rotatable bonds is 8. The van der Waals surface area contributed by atoms with Gasteiger partial charge in [0.1, 0.15) is 11.6 Å². The molecule has 2 aromatic rings. The first-order chi connectivity index (χ1) is 16.4. The summed E-state index contributed by atoms with van der Waals surface area (Å²) in [7, 11) is 0. The zero-order valence-corrected chi connectivity index (χ0v) is 18.6. The highest BCUT2D eigenvalue weighted by Crippen LogP contribution is 2.38. The van der Waals surface area contributed by atoms with Gasteiger partial charge < -0.3 is 9.47 Å². The van der Waals surface area contributed by atoms with E-state index in [1.807, 2.05) is 6.92 Å². The second-order valence-electron chi connectivity index (χ2n) is 8.15. The van der Waals surface area contributed by atoms with Gasteiger partial charge in [-0.05, 0) is 55.0 Å². The molecule has 0 fully saturated rings. The van der Waals surface area contributed by atoms with Crippen LogP contribution in [0.15, 0.2) is 54.3 Å². The largest absolute Gasteiger partial charge is 0.459 e. The third-order valence-electron chi connectivity index (χ3n) is 5.53. The third kappa shape index (κ3) is 6.99. The highest BCUT2D eigenvalue weighted by molar-refractivity contribution is 5.66. The molecular formula is C25H22F8O2. The number of benzene rings is 2. The van der Waals surface area contributed by atoms with Crippen LogP contribution in [0.1, 0.15) is 39.0 Å². The van der Waals surface area contributed by atoms with Gasteiger partial charge in [0.25, 0.3) is 0 Å². The van der Waals surface area contributed by atoms with Crippen molar-refractivity contribution in [2.24, 2.45) is 5.92 Å². The molecule has 1 unspecified atom stereocenters. The quantitative estimate of drug-likeness (QED) is 0.203. The molecule has 35 heavy (non-hydrogen) atoms. The number of ether oxygens (including phenoxy) is 2. The van der Waals surface area contributed by atoms with Crippen molar-refractivity contribution in [1.29, 1.82) is 0 Å². The van der Waals surface area contributed by atoms with E-state index < -0.39 is 41.2 Å². The van der Waals surface area contributed by atoms with E-state index in [9.17, 15) is 35.1 Å². The number of halogens is 8. The maximum atomic E-state index is 14.6. The van der Waals surface area contributed by atoms with Crippen LogP contribution in [0.25, 0.3) is 11.1 Å². The van der Waals surface area contributed by atoms with E-state index in [0.29, 0.717) is 37.0 Å². The van der Waals surface area contributed by atoms with Crippen molar-refractivity contribution in [1.82, 2.24) is 0 Å². The summed E-state index contributed by atoms with van der Waals surface area (Å²) in [6, 6.07) is 3.99. The molecule has 1 aliphatic rings. The van der Waals surface area contributed by atoms with Crippen LogP contribution in [0.2, 0.25) is 0 Å². The third-order valence-corrected chi connectivity index (χ3v) is 5.53. The molecule has 0 radical (unpaired) electrons. The van der Waals surface area contributed by atoms with Crippen LogP contribution in [0.4, 0.5) is 35.1 Å². The monoisotopic (exact) mass is 506 g/mol. The Labute approximate surface area is 196 Å². The van der Waals surface area contributed by atoms with Gasteiger partial charge in [-0.25, -0.2) is 13.2 Å². The maximum absolute atomic E-state index is 14.6. The second-order valence-corrected chi connectivity index (χ2v) is 8.15. The fraction of sp³-hybridized carbons (Fsp3) is 0.360. The van der Waals surface area contributed by atoms with E-state index in [1.54, 1.807) is 0 Å². The van der Waals surface area contributed by atoms with E-state index >= 15 is 0 Å². The van der Waals surface area contributed by atoms with E-state index in [-0.39, 0.29) is 35.5 Å². The lowest BCUT2D eigenvalue weighted by Crippen LogP contribution is -2.29. The molecule has 0 spiro atoms. The lowest BCUT2D eigenvalue weighted by Gasteiger charge is -2.27. The number of hydrogen-bond donors (Lipinski definition) is 0. The van der Waals surface area contributed by atoms with E-state index in [1.165, 1.54) is 6.08 Å². The smallest absolute Gasteiger partial charge is 0.422 e. The molecule has 10 heteroatoms. The van der Waals surface area contributed by atoms with Crippen LogP contribution in [-0.2, 0) is 0 Å². The number of alkyl halides is 5. The SMILES string of the molecule is CCCC1CC=C(C(F)(F)Oc2ccc(-c3cc(F)c(O/C=C/C(F)(F)F)c(F)c3)c(F)c2)CC1. The van der Waals surface area contributed by atoms with Crippen molar-refractivity contribution in [3.63, 3.8) is 0 Å². The highest BCUT2D eigenvalue weighted by atomic mass is 19.4. The summed E-state index contributed by atoms with van der Waals surface area (Å²) < 4.78 is 118. The normalized spacial score (nSPS) is 16.9. The Morgan fingerprint density at radius 1 is 0.971 bits per heavy atom. The van der Waals surface area contributed by atoms with Crippen molar-refractivity contribution < 1.29 is 44.6 Å². The Bertz CT molecular complexity index is 1080. The first kappa shape index (κ1) is 26.6. The van der Waals surface area contributed by atoms with Crippen LogP contribution in [0, 0.1) is 23.4 Å². The molecule has 1 atom stereocenters. The average Bonchev–Trinajstić information content (AvgIpc) is 2.75. The van der Waals surface area contributed by atoms with Crippen molar-refractivity contribution in [3.05, 3.63) is 71.8 Å². The van der Waals surface area contributed by atoms with Gasteiger partial charge in [-0.15, -0.1) is 0 Å². The summed E-state index contributed by atoms with van der Waals surface area (Å²) >= 11 is 0. The van der Waals surface area contributed by atoms with Gasteiger partial charge in [0.05, 0.1) is 12.3 Å². The molecule has 0 saturated carbocycles. The van der Waals surface area contributed by atoms with E-state index in [4.69, 9.17) is 4.74 Å². The molecule has 0 bridgehead atoms. The molecule has 0 aliphatic heterocycles. The van der Waals surface area contributed by atoms with Crippen LogP contribution in [0.5, 0.6) is 11.5 Å². The maximum Gasteiger partial charge on any atom is 0.422 e. The number of hydrogen-bond acceptors (Lipinski definition) is 2. The molecular weight excluding hydrogens is 484 g/mol. The molecule has 0 saturated heterocycles. The minimum atomic E-state index is -4.75. The predicted octanol–water partition coefficient (Wildman–Crippen LogP) is 8.72. The lowest BCUT2D eigenvalue weighted by atomic mass is 9.86. The van der Waals surface area contributed by atoms with Gasteiger partial charge in [-0.2, -0.15) is 22.0 Å². The summed E-state index contributed by atoms with van der Waals surface area (Å²) in [5.74, 6) is -5.12. The molecule has 190 valence electrons. The van der Waals surface area contributed by atoms with Gasteiger partial charge in [-0.1, -0.05) is 25.8 Å². The Morgan fingerprint density at radius 3 is 2.20 bits per heavy atom. The first-order valence-corrected chi connectivity index (χ1v) is 10.9. The zero-order valence-electron chi connectivity index (χ0n) is 18.6. The molecule has 2 aromatic carbocycles. The summed E-state index contributed by atoms with van der Waals surface area (Å²) in [6.45, 7) is 2.02. The molecule has 0 aromatic heterocycles. The van der Waals surface area contributed by atoms with Crippen LogP contribution < -0.4 is 9.47 Å². The van der Waals surface area contributed by atoms with Crippen LogP contribution in [-0.4, -0.2) is 12.3 Å². The second kappa shape index (κ2) is 10.7. The highest BCUT2D eigenvalue weighted by Gasteiger charge is 2.38. The Balaban J connectivity index is 1.76. The zero-order chi connectivity index (χ0) is 25.8. The fourth-order valence-electron chi connectivity index (χ4n) is 3.84. The summed E-state index contributed by atoms with van der Waals surface area (Å²) in [6.07, 6.45) is -4.05. The molecule has 3 rings (SSSR count). The minimum Gasteiger partial charge on any atom is -0.459 e. The van der Waals surface area contributed by atoms with Crippen LogP contribution in [0.3, 0.4) is 0 Å². The van der Waals surface area contributed by atoms with Crippen molar-refractivity contribution in [2.75, 3.05) is 0 Å². The molecule has 1 aliphatic carbocycles. The van der Waals surface area contributed by atoms with Crippen molar-refractivity contribution >= 4 is 0 Å². The standard InChI is InChI=1S/C25H22F8O2/c1-2-3-15-4-6-17(7-5-15)25(32,33)35-18-8-9-19(20(26)14-18)16-12-21(27)23(22(28)13-16)34-11-10-24(29,30)31/h6,8-15H,2-5,7H2,1H3/b11-10+. The van der Waals surface area contributed by atoms with Gasteiger partial charge >= 0.3 is 12.3 Å². The summed E-state index contributed by atoms with van der Waals surface area (Å²) in [4.78, 5) is 0. The summed E-state index contributed by atoms with van der Waals surface area (Å²) in [5, 5.41) is 0. The predicted molar refractivity (Wildman–Crippen MR) is 113 cm³/mol.